The lowest BCUT2D eigenvalue weighted by Crippen LogP contribution is -2.45. The van der Waals surface area contributed by atoms with Gasteiger partial charge in [-0.2, -0.15) is 0 Å². The fourth-order valence-electron chi connectivity index (χ4n) is 1.89. The average molecular weight is 203 g/mol. The summed E-state index contributed by atoms with van der Waals surface area (Å²) in [6.45, 7) is 0.326. The summed E-state index contributed by atoms with van der Waals surface area (Å²) in [5, 5.41) is 20.9. The van der Waals surface area contributed by atoms with Crippen molar-refractivity contribution in [3.63, 3.8) is 0 Å². The van der Waals surface area contributed by atoms with Crippen LogP contribution in [0.5, 0.6) is 0 Å². The van der Waals surface area contributed by atoms with E-state index in [0.29, 0.717) is 32.3 Å². The molecule has 0 saturated heterocycles. The Balaban J connectivity index is 2.33. The van der Waals surface area contributed by atoms with Crippen molar-refractivity contribution in [3.05, 3.63) is 0 Å². The van der Waals surface area contributed by atoms with E-state index in [2.05, 4.69) is 5.32 Å². The number of nitrogens with one attached hydrogen (secondary N) is 1. The van der Waals surface area contributed by atoms with Crippen LogP contribution in [-0.4, -0.2) is 41.7 Å². The van der Waals surface area contributed by atoms with E-state index in [1.54, 1.807) is 7.11 Å². The van der Waals surface area contributed by atoms with Crippen molar-refractivity contribution >= 4 is 6.09 Å². The van der Waals surface area contributed by atoms with E-state index >= 15 is 0 Å². The summed E-state index contributed by atoms with van der Waals surface area (Å²) >= 11 is 0. The number of amides is 1. The third-order valence-electron chi connectivity index (χ3n) is 2.66. The van der Waals surface area contributed by atoms with Crippen LogP contribution in [0.1, 0.15) is 25.7 Å². The Kier molecular flexibility index (Phi) is 3.71. The zero-order chi connectivity index (χ0) is 10.6. The van der Waals surface area contributed by atoms with Crippen molar-refractivity contribution in [2.45, 2.75) is 37.3 Å². The molecule has 0 aromatic carbocycles. The van der Waals surface area contributed by atoms with Gasteiger partial charge in [-0.05, 0) is 25.7 Å². The summed E-state index contributed by atoms with van der Waals surface area (Å²) in [7, 11) is 1.56. The van der Waals surface area contributed by atoms with Gasteiger partial charge in [0, 0.05) is 13.2 Å². The van der Waals surface area contributed by atoms with Crippen molar-refractivity contribution in [3.8, 4) is 0 Å². The van der Waals surface area contributed by atoms with Gasteiger partial charge in [-0.25, -0.2) is 4.79 Å². The molecule has 0 unspecified atom stereocenters. The van der Waals surface area contributed by atoms with E-state index in [0.717, 1.165) is 0 Å². The Morgan fingerprint density at radius 1 is 1.57 bits per heavy atom. The fourth-order valence-corrected chi connectivity index (χ4v) is 1.89. The van der Waals surface area contributed by atoms with Gasteiger partial charge in [0.2, 0.25) is 0 Å². The first-order valence-electron chi connectivity index (χ1n) is 4.76. The van der Waals surface area contributed by atoms with E-state index in [1.807, 2.05) is 0 Å². The minimum absolute atomic E-state index is 0.0235. The summed E-state index contributed by atoms with van der Waals surface area (Å²) in [6, 6.07) is -0.0235. The lowest BCUT2D eigenvalue weighted by Gasteiger charge is -2.35. The van der Waals surface area contributed by atoms with E-state index in [-0.39, 0.29) is 6.04 Å². The van der Waals surface area contributed by atoms with Gasteiger partial charge in [0.05, 0.1) is 12.2 Å². The maximum atomic E-state index is 10.4. The van der Waals surface area contributed by atoms with Crippen LogP contribution < -0.4 is 5.32 Å². The largest absolute Gasteiger partial charge is 0.465 e. The lowest BCUT2D eigenvalue weighted by molar-refractivity contribution is -0.0599. The summed E-state index contributed by atoms with van der Waals surface area (Å²) in [6.07, 6.45) is 1.53. The summed E-state index contributed by atoms with van der Waals surface area (Å²) in [5.74, 6) is 0. The molecule has 3 N–H and O–H groups in total. The van der Waals surface area contributed by atoms with Crippen molar-refractivity contribution in [1.82, 2.24) is 5.32 Å². The molecule has 0 heterocycles. The van der Waals surface area contributed by atoms with Crippen molar-refractivity contribution in [1.29, 1.82) is 0 Å². The third kappa shape index (κ3) is 3.16. The lowest BCUT2D eigenvalue weighted by atomic mass is 9.83. The van der Waals surface area contributed by atoms with Gasteiger partial charge in [-0.15, -0.1) is 0 Å². The molecule has 14 heavy (non-hydrogen) atoms. The monoisotopic (exact) mass is 203 g/mol. The first-order valence-corrected chi connectivity index (χ1v) is 4.76. The Bertz CT molecular complexity index is 199. The van der Waals surface area contributed by atoms with Gasteiger partial charge in [0.1, 0.15) is 0 Å². The second-order valence-electron chi connectivity index (χ2n) is 3.88. The molecule has 82 valence electrons. The van der Waals surface area contributed by atoms with Crippen LogP contribution in [0.2, 0.25) is 0 Å². The minimum Gasteiger partial charge on any atom is -0.465 e. The summed E-state index contributed by atoms with van der Waals surface area (Å²) in [5.41, 5.74) is -0.758. The predicted molar refractivity (Wildman–Crippen MR) is 50.2 cm³/mol. The Hall–Kier alpha value is -0.810. The molecule has 0 bridgehead atoms. The average Bonchev–Trinajstić information content (AvgIpc) is 2.09. The Morgan fingerprint density at radius 2 is 2.14 bits per heavy atom. The van der Waals surface area contributed by atoms with Gasteiger partial charge in [-0.1, -0.05) is 0 Å². The third-order valence-corrected chi connectivity index (χ3v) is 2.66. The first kappa shape index (κ1) is 11.3. The van der Waals surface area contributed by atoms with Crippen LogP contribution in [0, 0.1) is 0 Å². The van der Waals surface area contributed by atoms with Crippen LogP contribution in [-0.2, 0) is 4.74 Å². The van der Waals surface area contributed by atoms with Crippen molar-refractivity contribution in [2.75, 3.05) is 13.7 Å². The van der Waals surface area contributed by atoms with Crippen molar-refractivity contribution < 1.29 is 19.7 Å². The molecule has 5 heteroatoms. The number of hydrogen-bond donors (Lipinski definition) is 3. The molecule has 1 saturated carbocycles. The number of carboxylic acid groups (broad SMARTS) is 1. The summed E-state index contributed by atoms with van der Waals surface area (Å²) < 4.78 is 4.91. The molecular weight excluding hydrogens is 186 g/mol. The van der Waals surface area contributed by atoms with Gasteiger partial charge >= 0.3 is 6.09 Å². The molecule has 1 aliphatic carbocycles. The van der Waals surface area contributed by atoms with Gasteiger partial charge < -0.3 is 20.3 Å². The van der Waals surface area contributed by atoms with Crippen LogP contribution in [0.25, 0.3) is 0 Å². The molecule has 0 aliphatic heterocycles. The van der Waals surface area contributed by atoms with Crippen LogP contribution in [0.3, 0.4) is 0 Å². The van der Waals surface area contributed by atoms with Crippen molar-refractivity contribution in [2.24, 2.45) is 0 Å². The van der Waals surface area contributed by atoms with Gasteiger partial charge in [0.15, 0.2) is 0 Å². The Morgan fingerprint density at radius 3 is 2.57 bits per heavy atom. The zero-order valence-corrected chi connectivity index (χ0v) is 8.32. The molecule has 1 rings (SSSR count). The molecule has 1 aliphatic rings. The highest BCUT2D eigenvalue weighted by atomic mass is 16.5. The van der Waals surface area contributed by atoms with E-state index < -0.39 is 11.7 Å². The second-order valence-corrected chi connectivity index (χ2v) is 3.88. The number of ether oxygens (including phenoxy) is 1. The molecule has 5 nitrogen and oxygen atoms in total. The normalized spacial score (nSPS) is 32.6. The summed E-state index contributed by atoms with van der Waals surface area (Å²) in [4.78, 5) is 10.4. The number of aliphatic hydroxyl groups is 1. The van der Waals surface area contributed by atoms with E-state index in [9.17, 15) is 9.90 Å². The Labute approximate surface area is 83.1 Å². The predicted octanol–water partition coefficient (Wildman–Crippen LogP) is 0.574. The SMILES string of the molecule is COC[C@]1(O)CC[C@H](NC(=O)O)CC1. The van der Waals surface area contributed by atoms with Gasteiger partial charge in [-0.3, -0.25) is 0 Å². The number of rotatable bonds is 3. The molecule has 1 fully saturated rings. The van der Waals surface area contributed by atoms with Crippen LogP contribution >= 0.6 is 0 Å². The molecule has 0 aromatic rings. The second kappa shape index (κ2) is 4.61. The molecule has 1 amide bonds. The topological polar surface area (TPSA) is 78.8 Å². The highest BCUT2D eigenvalue weighted by Gasteiger charge is 2.33. The fraction of sp³-hybridized carbons (Fsp3) is 0.889. The molecular formula is C9H17NO4. The van der Waals surface area contributed by atoms with E-state index in [1.165, 1.54) is 0 Å². The minimum atomic E-state index is -0.993. The van der Waals surface area contributed by atoms with Crippen LogP contribution in [0.15, 0.2) is 0 Å². The highest BCUT2D eigenvalue weighted by Crippen LogP contribution is 2.28. The first-order chi connectivity index (χ1) is 6.56. The maximum absolute atomic E-state index is 10.4. The van der Waals surface area contributed by atoms with Gasteiger partial charge in [0.25, 0.3) is 0 Å². The molecule has 0 radical (unpaired) electrons. The van der Waals surface area contributed by atoms with Crippen LogP contribution in [0.4, 0.5) is 4.79 Å². The number of carbonyl (C=O) groups is 1. The zero-order valence-electron chi connectivity index (χ0n) is 8.32. The standard InChI is InChI=1S/C9H17NO4/c1-14-6-9(13)4-2-7(3-5-9)10-8(11)12/h7,10,13H,2-6H2,1H3,(H,11,12)/t7-,9-. The number of methoxy groups -OCH3 is 1. The molecule has 0 atom stereocenters. The molecule has 0 spiro atoms. The highest BCUT2D eigenvalue weighted by molar-refractivity contribution is 5.64. The maximum Gasteiger partial charge on any atom is 0.404 e. The van der Waals surface area contributed by atoms with E-state index in [4.69, 9.17) is 9.84 Å². The smallest absolute Gasteiger partial charge is 0.404 e. The quantitative estimate of drug-likeness (QED) is 0.626. The molecule has 0 aromatic heterocycles. The number of hydrogen-bond acceptors (Lipinski definition) is 3.